The van der Waals surface area contributed by atoms with Gasteiger partial charge in [-0.15, -0.1) is 0 Å². The highest BCUT2D eigenvalue weighted by Crippen LogP contribution is 2.39. The first-order valence-corrected chi connectivity index (χ1v) is 8.65. The summed E-state index contributed by atoms with van der Waals surface area (Å²) in [6.07, 6.45) is 0.357. The van der Waals surface area contributed by atoms with Gasteiger partial charge in [-0.25, -0.2) is 0 Å². The van der Waals surface area contributed by atoms with Crippen LogP contribution in [-0.4, -0.2) is 33.1 Å². The van der Waals surface area contributed by atoms with Gasteiger partial charge in [0.05, 0.1) is 0 Å². The number of likely N-dealkylation sites (tertiary alicyclic amines) is 1. The molecule has 5 nitrogen and oxygen atoms in total. The molecule has 25 heavy (non-hydrogen) atoms. The number of aliphatic hydroxyl groups is 1. The summed E-state index contributed by atoms with van der Waals surface area (Å²) in [6, 6.07) is 15.3. The molecular formula is C19H21ClN2O3. The number of hydrogen-bond acceptors (Lipinski definition) is 4. The van der Waals surface area contributed by atoms with Crippen molar-refractivity contribution in [2.75, 3.05) is 6.54 Å². The van der Waals surface area contributed by atoms with E-state index in [1.807, 2.05) is 42.5 Å². The second kappa shape index (κ2) is 7.12. The minimum Gasteiger partial charge on any atom is -0.383 e. The zero-order valence-corrected chi connectivity index (χ0v) is 14.8. The fraction of sp³-hybridized carbons (Fsp3) is 0.368. The second-order valence-corrected chi connectivity index (χ2v) is 7.23. The van der Waals surface area contributed by atoms with Crippen LogP contribution in [0.3, 0.4) is 0 Å². The Bertz CT molecular complexity index is 734. The molecule has 1 aliphatic rings. The van der Waals surface area contributed by atoms with Gasteiger partial charge >= 0.3 is 0 Å². The smallest absolute Gasteiger partial charge is 0.260 e. The van der Waals surface area contributed by atoms with E-state index < -0.39 is 17.7 Å². The Morgan fingerprint density at radius 2 is 1.88 bits per heavy atom. The third kappa shape index (κ3) is 3.84. The Kier molecular flexibility index (Phi) is 5.08. The third-order valence-electron chi connectivity index (χ3n) is 4.90. The number of nitro groups is 1. The lowest BCUT2D eigenvalue weighted by molar-refractivity contribution is -0.558. The Morgan fingerprint density at radius 1 is 1.24 bits per heavy atom. The summed E-state index contributed by atoms with van der Waals surface area (Å²) in [7, 11) is 0. The average Bonchev–Trinajstić information content (AvgIpc) is 2.57. The van der Waals surface area contributed by atoms with Crippen molar-refractivity contribution in [1.29, 1.82) is 0 Å². The van der Waals surface area contributed by atoms with E-state index in [0.717, 1.165) is 11.1 Å². The maximum absolute atomic E-state index is 11.8. The van der Waals surface area contributed by atoms with E-state index >= 15 is 0 Å². The van der Waals surface area contributed by atoms with Crippen molar-refractivity contribution in [3.8, 4) is 0 Å². The van der Waals surface area contributed by atoms with Gasteiger partial charge in [0.1, 0.15) is 11.6 Å². The molecule has 0 aliphatic carbocycles. The lowest BCUT2D eigenvalue weighted by atomic mass is 9.80. The Hall–Kier alpha value is -1.95. The van der Waals surface area contributed by atoms with Gasteiger partial charge in [-0.2, -0.15) is 0 Å². The summed E-state index contributed by atoms with van der Waals surface area (Å²) in [5.74, 6) is 0. The minimum absolute atomic E-state index is 0.351. The number of halogens is 1. The number of hydrogen-bond donors (Lipinski definition) is 1. The highest BCUT2D eigenvalue weighted by atomic mass is 35.5. The van der Waals surface area contributed by atoms with Crippen LogP contribution in [0.4, 0.5) is 0 Å². The molecule has 1 N–H and O–H groups in total. The predicted molar refractivity (Wildman–Crippen MR) is 97.1 cm³/mol. The summed E-state index contributed by atoms with van der Waals surface area (Å²) in [5, 5.41) is 23.1. The van der Waals surface area contributed by atoms with Crippen molar-refractivity contribution in [2.24, 2.45) is 0 Å². The number of benzene rings is 2. The van der Waals surface area contributed by atoms with Crippen LogP contribution in [0, 0.1) is 10.1 Å². The SMILES string of the molecule is C[C@]1(O)CCN(Cc2ccccc2)[C@H](c2ccc(Cl)cc2)[C@H]1[N+](=O)[O-]. The molecule has 0 spiro atoms. The summed E-state index contributed by atoms with van der Waals surface area (Å²) >= 11 is 5.97. The highest BCUT2D eigenvalue weighted by Gasteiger charge is 2.53. The van der Waals surface area contributed by atoms with Crippen molar-refractivity contribution < 1.29 is 10.0 Å². The molecule has 6 heteroatoms. The molecule has 0 radical (unpaired) electrons. The van der Waals surface area contributed by atoms with Crippen molar-refractivity contribution >= 4 is 11.6 Å². The number of rotatable bonds is 4. The van der Waals surface area contributed by atoms with Crippen molar-refractivity contribution in [2.45, 2.75) is 37.6 Å². The lowest BCUT2D eigenvalue weighted by Crippen LogP contribution is -2.58. The zero-order chi connectivity index (χ0) is 18.0. The van der Waals surface area contributed by atoms with Crippen LogP contribution in [-0.2, 0) is 6.54 Å². The van der Waals surface area contributed by atoms with Crippen LogP contribution in [0.15, 0.2) is 54.6 Å². The van der Waals surface area contributed by atoms with Gasteiger partial charge in [-0.05, 0) is 36.6 Å². The van der Waals surface area contributed by atoms with Crippen LogP contribution in [0.1, 0.15) is 30.5 Å². The average molecular weight is 361 g/mol. The van der Waals surface area contributed by atoms with Crippen molar-refractivity contribution in [3.05, 3.63) is 80.9 Å². The van der Waals surface area contributed by atoms with Crippen LogP contribution < -0.4 is 0 Å². The molecule has 0 unspecified atom stereocenters. The van der Waals surface area contributed by atoms with E-state index in [9.17, 15) is 15.2 Å². The Balaban J connectivity index is 2.00. The third-order valence-corrected chi connectivity index (χ3v) is 5.15. The maximum atomic E-state index is 11.8. The van der Waals surface area contributed by atoms with Crippen LogP contribution in [0.5, 0.6) is 0 Å². The largest absolute Gasteiger partial charge is 0.383 e. The number of piperidine rings is 1. The van der Waals surface area contributed by atoms with Crippen molar-refractivity contribution in [3.63, 3.8) is 0 Å². The summed E-state index contributed by atoms with van der Waals surface area (Å²) in [4.78, 5) is 13.5. The normalized spacial score (nSPS) is 27.2. The molecule has 1 fully saturated rings. The first-order chi connectivity index (χ1) is 11.9. The fourth-order valence-electron chi connectivity index (χ4n) is 3.59. The molecule has 132 valence electrons. The molecule has 2 aromatic rings. The van der Waals surface area contributed by atoms with Gasteiger partial charge in [0.15, 0.2) is 0 Å². The summed E-state index contributed by atoms with van der Waals surface area (Å²) in [6.45, 7) is 2.73. The van der Waals surface area contributed by atoms with E-state index in [4.69, 9.17) is 11.6 Å². The maximum Gasteiger partial charge on any atom is 0.260 e. The van der Waals surface area contributed by atoms with Gasteiger partial charge < -0.3 is 5.11 Å². The van der Waals surface area contributed by atoms with Gasteiger partial charge in [0.2, 0.25) is 0 Å². The molecule has 1 heterocycles. The van der Waals surface area contributed by atoms with Crippen molar-refractivity contribution in [1.82, 2.24) is 4.90 Å². The van der Waals surface area contributed by atoms with E-state index in [-0.39, 0.29) is 4.92 Å². The standard InChI is InChI=1S/C19H21ClN2O3/c1-19(23)11-12-21(13-14-5-3-2-4-6-14)17(18(19)22(24)25)15-7-9-16(20)10-8-15/h2-10,17-18,23H,11-13H2,1H3/t17-,18-,19+/m1/s1. The van der Waals surface area contributed by atoms with Crippen LogP contribution >= 0.6 is 11.6 Å². The van der Waals surface area contributed by atoms with E-state index in [1.54, 1.807) is 19.1 Å². The molecule has 0 saturated carbocycles. The molecule has 0 aromatic heterocycles. The molecule has 1 saturated heterocycles. The second-order valence-electron chi connectivity index (χ2n) is 6.79. The molecule has 0 bridgehead atoms. The predicted octanol–water partition coefficient (Wildman–Crippen LogP) is 3.68. The fourth-order valence-corrected chi connectivity index (χ4v) is 3.71. The van der Waals surface area contributed by atoms with Gasteiger partial charge in [-0.1, -0.05) is 54.1 Å². The van der Waals surface area contributed by atoms with Crippen LogP contribution in [0.2, 0.25) is 5.02 Å². The van der Waals surface area contributed by atoms with Gasteiger partial charge in [-0.3, -0.25) is 15.0 Å². The monoisotopic (exact) mass is 360 g/mol. The van der Waals surface area contributed by atoms with Gasteiger partial charge in [0, 0.05) is 23.0 Å². The van der Waals surface area contributed by atoms with E-state index in [0.29, 0.717) is 24.5 Å². The Labute approximate surface area is 152 Å². The molecule has 3 rings (SSSR count). The minimum atomic E-state index is -1.36. The molecular weight excluding hydrogens is 340 g/mol. The summed E-state index contributed by atoms with van der Waals surface area (Å²) < 4.78 is 0. The van der Waals surface area contributed by atoms with Crippen LogP contribution in [0.25, 0.3) is 0 Å². The number of nitrogens with zero attached hydrogens (tertiary/aromatic N) is 2. The lowest BCUT2D eigenvalue weighted by Gasteiger charge is -2.44. The van der Waals surface area contributed by atoms with Gasteiger partial charge in [0.25, 0.3) is 6.04 Å². The van der Waals surface area contributed by atoms with E-state index in [1.165, 1.54) is 0 Å². The quantitative estimate of drug-likeness (QED) is 0.667. The first-order valence-electron chi connectivity index (χ1n) is 8.28. The molecule has 0 amide bonds. The molecule has 1 aliphatic heterocycles. The van der Waals surface area contributed by atoms with E-state index in [2.05, 4.69) is 4.90 Å². The molecule has 2 aromatic carbocycles. The first kappa shape index (κ1) is 17.9. The Morgan fingerprint density at radius 3 is 2.48 bits per heavy atom. The summed E-state index contributed by atoms with van der Waals surface area (Å²) in [5.41, 5.74) is 0.521. The zero-order valence-electron chi connectivity index (χ0n) is 14.0. The topological polar surface area (TPSA) is 66.6 Å². The highest BCUT2D eigenvalue weighted by molar-refractivity contribution is 6.30. The molecule has 3 atom stereocenters.